The lowest BCUT2D eigenvalue weighted by Crippen LogP contribution is -2.32. The number of nitrogens with zero attached hydrogens (tertiary/aromatic N) is 1. The van der Waals surface area contributed by atoms with E-state index in [9.17, 15) is 9.90 Å². The first-order valence-electron chi connectivity index (χ1n) is 7.19. The minimum Gasteiger partial charge on any atom is -0.461 e. The number of rotatable bonds is 4. The molecule has 2 N–H and O–H groups in total. The molecule has 1 fully saturated rings. The van der Waals surface area contributed by atoms with E-state index >= 15 is 0 Å². The fourth-order valence-corrected chi connectivity index (χ4v) is 2.59. The summed E-state index contributed by atoms with van der Waals surface area (Å²) in [6.07, 6.45) is 4.87. The molecule has 112 valence electrons. The van der Waals surface area contributed by atoms with Crippen LogP contribution in [0.1, 0.15) is 36.2 Å². The van der Waals surface area contributed by atoms with Crippen molar-refractivity contribution >= 4 is 5.91 Å². The SMILES string of the molecule is O=C(NCC1CCC(O)CC1)c1cc(-c2ccco2)on1. The molecule has 0 saturated heterocycles. The Bertz CT molecular complexity index is 583. The molecule has 0 bridgehead atoms. The molecule has 6 nitrogen and oxygen atoms in total. The lowest BCUT2D eigenvalue weighted by Gasteiger charge is -2.25. The first kappa shape index (κ1) is 13.9. The smallest absolute Gasteiger partial charge is 0.273 e. The first-order chi connectivity index (χ1) is 10.2. The zero-order valence-corrected chi connectivity index (χ0v) is 11.6. The van der Waals surface area contributed by atoms with E-state index in [0.717, 1.165) is 25.7 Å². The van der Waals surface area contributed by atoms with Crippen LogP contribution < -0.4 is 5.32 Å². The zero-order valence-electron chi connectivity index (χ0n) is 11.6. The van der Waals surface area contributed by atoms with Gasteiger partial charge in [-0.05, 0) is 43.7 Å². The van der Waals surface area contributed by atoms with E-state index in [1.54, 1.807) is 18.2 Å². The fourth-order valence-electron chi connectivity index (χ4n) is 2.59. The van der Waals surface area contributed by atoms with E-state index in [2.05, 4.69) is 10.5 Å². The van der Waals surface area contributed by atoms with E-state index in [-0.39, 0.29) is 17.7 Å². The highest BCUT2D eigenvalue weighted by Gasteiger charge is 2.21. The van der Waals surface area contributed by atoms with Gasteiger partial charge in [0.2, 0.25) is 5.76 Å². The summed E-state index contributed by atoms with van der Waals surface area (Å²) < 4.78 is 10.3. The van der Waals surface area contributed by atoms with Gasteiger partial charge >= 0.3 is 0 Å². The summed E-state index contributed by atoms with van der Waals surface area (Å²) in [7, 11) is 0. The van der Waals surface area contributed by atoms with Gasteiger partial charge in [-0.2, -0.15) is 0 Å². The summed E-state index contributed by atoms with van der Waals surface area (Å²) >= 11 is 0. The number of carbonyl (C=O) groups is 1. The number of amides is 1. The Morgan fingerprint density at radius 3 is 2.86 bits per heavy atom. The number of aromatic nitrogens is 1. The van der Waals surface area contributed by atoms with Crippen molar-refractivity contribution in [1.82, 2.24) is 10.5 Å². The molecule has 0 unspecified atom stereocenters. The standard InChI is InChI=1S/C15H18N2O4/c18-11-5-3-10(4-6-11)9-16-15(19)12-8-14(21-17-12)13-2-1-7-20-13/h1-2,7-8,10-11,18H,3-6,9H2,(H,16,19). The summed E-state index contributed by atoms with van der Waals surface area (Å²) in [6.45, 7) is 0.606. The number of hydrogen-bond acceptors (Lipinski definition) is 5. The second-order valence-electron chi connectivity index (χ2n) is 5.44. The van der Waals surface area contributed by atoms with Crippen LogP contribution in [0.15, 0.2) is 33.4 Å². The zero-order chi connectivity index (χ0) is 14.7. The second-order valence-corrected chi connectivity index (χ2v) is 5.44. The maximum absolute atomic E-state index is 12.0. The molecule has 6 heteroatoms. The number of aliphatic hydroxyl groups is 1. The van der Waals surface area contributed by atoms with Crippen LogP contribution in [0.3, 0.4) is 0 Å². The van der Waals surface area contributed by atoms with Gasteiger partial charge in [-0.15, -0.1) is 0 Å². The van der Waals surface area contributed by atoms with Crippen molar-refractivity contribution in [2.75, 3.05) is 6.54 Å². The van der Waals surface area contributed by atoms with Gasteiger partial charge in [0.25, 0.3) is 5.91 Å². The van der Waals surface area contributed by atoms with Crippen molar-refractivity contribution in [1.29, 1.82) is 0 Å². The fraction of sp³-hybridized carbons (Fsp3) is 0.467. The summed E-state index contributed by atoms with van der Waals surface area (Å²) in [5, 5.41) is 16.1. The van der Waals surface area contributed by atoms with Crippen molar-refractivity contribution < 1.29 is 18.8 Å². The van der Waals surface area contributed by atoms with Crippen molar-refractivity contribution in [3.05, 3.63) is 30.2 Å². The van der Waals surface area contributed by atoms with Crippen LogP contribution in [0.4, 0.5) is 0 Å². The lowest BCUT2D eigenvalue weighted by molar-refractivity contribution is 0.0902. The number of nitrogens with one attached hydrogen (secondary N) is 1. The molecule has 2 heterocycles. The number of carbonyl (C=O) groups excluding carboxylic acids is 1. The summed E-state index contributed by atoms with van der Waals surface area (Å²) in [5.74, 6) is 1.16. The van der Waals surface area contributed by atoms with E-state index in [1.165, 1.54) is 6.26 Å². The Balaban J connectivity index is 1.54. The third-order valence-electron chi connectivity index (χ3n) is 3.87. The Hall–Kier alpha value is -2.08. The minimum absolute atomic E-state index is 0.177. The highest BCUT2D eigenvalue weighted by molar-refractivity contribution is 5.92. The van der Waals surface area contributed by atoms with E-state index in [4.69, 9.17) is 8.94 Å². The van der Waals surface area contributed by atoms with E-state index < -0.39 is 0 Å². The van der Waals surface area contributed by atoms with E-state index in [1.807, 2.05) is 0 Å². The van der Waals surface area contributed by atoms with E-state index in [0.29, 0.717) is 24.0 Å². The van der Waals surface area contributed by atoms with Crippen LogP contribution in [-0.4, -0.2) is 28.8 Å². The average Bonchev–Trinajstić information content (AvgIpc) is 3.17. The molecule has 0 radical (unpaired) electrons. The van der Waals surface area contributed by atoms with Crippen LogP contribution in [0, 0.1) is 5.92 Å². The number of hydrogen-bond donors (Lipinski definition) is 2. The quantitative estimate of drug-likeness (QED) is 0.901. The van der Waals surface area contributed by atoms with Crippen molar-refractivity contribution in [2.24, 2.45) is 5.92 Å². The third-order valence-corrected chi connectivity index (χ3v) is 3.87. The molecule has 1 aliphatic carbocycles. The Labute approximate surface area is 122 Å². The van der Waals surface area contributed by atoms with Crippen LogP contribution in [0.2, 0.25) is 0 Å². The average molecular weight is 290 g/mol. The van der Waals surface area contributed by atoms with Gasteiger partial charge < -0.3 is 19.4 Å². The summed E-state index contributed by atoms with van der Waals surface area (Å²) in [4.78, 5) is 12.0. The van der Waals surface area contributed by atoms with Crippen molar-refractivity contribution in [3.63, 3.8) is 0 Å². The monoisotopic (exact) mass is 290 g/mol. The lowest BCUT2D eigenvalue weighted by atomic mass is 9.87. The first-order valence-corrected chi connectivity index (χ1v) is 7.19. The molecular weight excluding hydrogens is 272 g/mol. The molecule has 1 amide bonds. The molecule has 1 saturated carbocycles. The van der Waals surface area contributed by atoms with Gasteiger partial charge in [0.05, 0.1) is 12.4 Å². The van der Waals surface area contributed by atoms with Crippen LogP contribution in [0.5, 0.6) is 0 Å². The molecule has 2 aromatic heterocycles. The predicted octanol–water partition coefficient (Wildman–Crippen LogP) is 2.22. The number of furan rings is 1. The molecule has 0 aromatic carbocycles. The molecule has 21 heavy (non-hydrogen) atoms. The van der Waals surface area contributed by atoms with Gasteiger partial charge in [0.1, 0.15) is 0 Å². The van der Waals surface area contributed by atoms with Crippen LogP contribution in [0.25, 0.3) is 11.5 Å². The van der Waals surface area contributed by atoms with Crippen LogP contribution >= 0.6 is 0 Å². The minimum atomic E-state index is -0.248. The Kier molecular flexibility index (Phi) is 4.06. The predicted molar refractivity (Wildman–Crippen MR) is 74.5 cm³/mol. The highest BCUT2D eigenvalue weighted by atomic mass is 16.5. The largest absolute Gasteiger partial charge is 0.461 e. The normalized spacial score (nSPS) is 22.1. The third kappa shape index (κ3) is 3.33. The molecule has 0 aliphatic heterocycles. The topological polar surface area (TPSA) is 88.5 Å². The highest BCUT2D eigenvalue weighted by Crippen LogP contribution is 2.24. The Morgan fingerprint density at radius 2 is 2.14 bits per heavy atom. The summed E-state index contributed by atoms with van der Waals surface area (Å²) in [5.41, 5.74) is 0.247. The van der Waals surface area contributed by atoms with Gasteiger partial charge in [-0.25, -0.2) is 0 Å². The van der Waals surface area contributed by atoms with Gasteiger partial charge in [-0.1, -0.05) is 5.16 Å². The molecule has 2 aromatic rings. The van der Waals surface area contributed by atoms with Crippen molar-refractivity contribution in [2.45, 2.75) is 31.8 Å². The van der Waals surface area contributed by atoms with Gasteiger partial charge in [0.15, 0.2) is 11.5 Å². The summed E-state index contributed by atoms with van der Waals surface area (Å²) in [6, 6.07) is 5.06. The number of aliphatic hydroxyl groups excluding tert-OH is 1. The van der Waals surface area contributed by atoms with Gasteiger partial charge in [-0.3, -0.25) is 4.79 Å². The molecule has 0 spiro atoms. The van der Waals surface area contributed by atoms with Crippen molar-refractivity contribution in [3.8, 4) is 11.5 Å². The Morgan fingerprint density at radius 1 is 1.33 bits per heavy atom. The van der Waals surface area contributed by atoms with Gasteiger partial charge in [0, 0.05) is 12.6 Å². The van der Waals surface area contributed by atoms with Crippen LogP contribution in [-0.2, 0) is 0 Å². The molecule has 3 rings (SSSR count). The second kappa shape index (κ2) is 6.13. The maximum atomic E-state index is 12.0. The molecule has 1 aliphatic rings. The molecule has 0 atom stereocenters. The molecular formula is C15H18N2O4. The maximum Gasteiger partial charge on any atom is 0.273 e.